The quantitative estimate of drug-likeness (QED) is 0.523. The first-order valence-electron chi connectivity index (χ1n) is 11.9. The summed E-state index contributed by atoms with van der Waals surface area (Å²) in [6.07, 6.45) is 9.76. The molecule has 0 bridgehead atoms. The zero-order valence-corrected chi connectivity index (χ0v) is 20.1. The number of nitrogens with one attached hydrogen (secondary N) is 1. The Morgan fingerprint density at radius 3 is 2.35 bits per heavy atom. The molecule has 7 heteroatoms. The third kappa shape index (κ3) is 5.28. The molecule has 1 aliphatic heterocycles. The van der Waals surface area contributed by atoms with Crippen molar-refractivity contribution < 1.29 is 18.6 Å². The molecule has 0 spiro atoms. The van der Waals surface area contributed by atoms with Crippen molar-refractivity contribution in [2.45, 2.75) is 109 Å². The molecule has 1 unspecified atom stereocenters. The maximum absolute atomic E-state index is 14.1. The van der Waals surface area contributed by atoms with Crippen molar-refractivity contribution in [3.05, 3.63) is 29.3 Å². The second-order valence-corrected chi connectivity index (χ2v) is 12.3. The number of amides is 1. The number of fused-ring (bicyclic) bond motifs is 1. The molecule has 1 aromatic rings. The van der Waals surface area contributed by atoms with Crippen LogP contribution in [0.2, 0.25) is 0 Å². The summed E-state index contributed by atoms with van der Waals surface area (Å²) in [5.41, 5.74) is 2.28. The van der Waals surface area contributed by atoms with Gasteiger partial charge >= 0.3 is 13.8 Å². The number of nitrogens with zero attached hydrogens (tertiary/aromatic N) is 1. The van der Waals surface area contributed by atoms with E-state index in [1.165, 1.54) is 18.4 Å². The van der Waals surface area contributed by atoms with Gasteiger partial charge in [-0.2, -0.15) is 4.67 Å². The first kappa shape index (κ1) is 22.7. The maximum Gasteiger partial charge on any atom is 0.425 e. The summed E-state index contributed by atoms with van der Waals surface area (Å²) in [6, 6.07) is 6.23. The molecule has 31 heavy (non-hydrogen) atoms. The van der Waals surface area contributed by atoms with Crippen LogP contribution < -0.4 is 9.61 Å². The Balaban J connectivity index is 1.57. The predicted octanol–water partition coefficient (Wildman–Crippen LogP) is 6.68. The van der Waals surface area contributed by atoms with Crippen LogP contribution in [0.3, 0.4) is 0 Å². The SMILES string of the molecule is CC(C)(C)c1ccc2c(c1)CN(C1CCCCC1)P(=O)(NC(=O)OC1CCCCC1)O2. The molecule has 4 rings (SSSR count). The molecule has 172 valence electrons. The molecule has 1 amide bonds. The highest BCUT2D eigenvalue weighted by Crippen LogP contribution is 2.55. The van der Waals surface area contributed by atoms with Crippen molar-refractivity contribution in [1.29, 1.82) is 0 Å². The van der Waals surface area contributed by atoms with Gasteiger partial charge in [0.05, 0.1) is 0 Å². The molecule has 6 nitrogen and oxygen atoms in total. The van der Waals surface area contributed by atoms with Gasteiger partial charge in [-0.05, 0) is 55.6 Å². The largest absolute Gasteiger partial charge is 0.446 e. The van der Waals surface area contributed by atoms with Crippen LogP contribution >= 0.6 is 7.67 Å². The van der Waals surface area contributed by atoms with Crippen LogP contribution in [0.25, 0.3) is 0 Å². The zero-order valence-electron chi connectivity index (χ0n) is 19.2. The Hall–Kier alpha value is -1.52. The molecule has 1 N–H and O–H groups in total. The smallest absolute Gasteiger partial charge is 0.425 e. The van der Waals surface area contributed by atoms with Crippen molar-refractivity contribution in [2.24, 2.45) is 0 Å². The summed E-state index contributed by atoms with van der Waals surface area (Å²) in [4.78, 5) is 12.7. The molecule has 1 aromatic carbocycles. The predicted molar refractivity (Wildman–Crippen MR) is 122 cm³/mol. The minimum absolute atomic E-state index is 0.0217. The Morgan fingerprint density at radius 2 is 1.71 bits per heavy atom. The lowest BCUT2D eigenvalue weighted by molar-refractivity contribution is 0.0779. The molecule has 1 atom stereocenters. The highest BCUT2D eigenvalue weighted by molar-refractivity contribution is 7.55. The Kier molecular flexibility index (Phi) is 6.69. The van der Waals surface area contributed by atoms with Gasteiger partial charge in [-0.15, -0.1) is 0 Å². The van der Waals surface area contributed by atoms with Crippen LogP contribution in [-0.4, -0.2) is 22.9 Å². The highest BCUT2D eigenvalue weighted by Gasteiger charge is 2.45. The average Bonchev–Trinajstić information content (AvgIpc) is 2.73. The van der Waals surface area contributed by atoms with Crippen LogP contribution in [0.1, 0.15) is 96.1 Å². The van der Waals surface area contributed by atoms with Crippen molar-refractivity contribution >= 4 is 13.8 Å². The van der Waals surface area contributed by atoms with E-state index < -0.39 is 13.8 Å². The lowest BCUT2D eigenvalue weighted by Gasteiger charge is -2.42. The monoisotopic (exact) mass is 448 g/mol. The first-order valence-corrected chi connectivity index (χ1v) is 13.5. The molecular formula is C24H37N2O4P. The third-order valence-electron chi connectivity index (χ3n) is 6.87. The van der Waals surface area contributed by atoms with Gasteiger partial charge in [0.25, 0.3) is 0 Å². The van der Waals surface area contributed by atoms with Crippen LogP contribution in [0.4, 0.5) is 4.79 Å². The number of carbonyl (C=O) groups excluding carboxylic acids is 1. The van der Waals surface area contributed by atoms with Crippen molar-refractivity contribution in [2.75, 3.05) is 0 Å². The first-order chi connectivity index (χ1) is 14.7. The van der Waals surface area contributed by atoms with Gasteiger partial charge in [-0.3, -0.25) is 0 Å². The van der Waals surface area contributed by atoms with E-state index in [4.69, 9.17) is 9.26 Å². The third-order valence-corrected chi connectivity index (χ3v) is 8.93. The lowest BCUT2D eigenvalue weighted by Crippen LogP contribution is -2.43. The number of hydrogen-bond donors (Lipinski definition) is 1. The normalized spacial score (nSPS) is 26.0. The molecule has 3 aliphatic rings. The number of ether oxygens (including phenoxy) is 1. The average molecular weight is 449 g/mol. The molecule has 2 fully saturated rings. The minimum Gasteiger partial charge on any atom is -0.446 e. The van der Waals surface area contributed by atoms with Gasteiger partial charge in [0.2, 0.25) is 0 Å². The summed E-state index contributed by atoms with van der Waals surface area (Å²) in [6.45, 7) is 7.08. The van der Waals surface area contributed by atoms with E-state index in [9.17, 15) is 9.36 Å². The maximum atomic E-state index is 14.1. The van der Waals surface area contributed by atoms with Crippen molar-refractivity contribution in [1.82, 2.24) is 9.76 Å². The van der Waals surface area contributed by atoms with E-state index in [1.807, 2.05) is 16.8 Å². The van der Waals surface area contributed by atoms with Crippen LogP contribution in [0.15, 0.2) is 18.2 Å². The van der Waals surface area contributed by atoms with E-state index in [2.05, 4.69) is 31.9 Å². The number of carbonyl (C=O) groups is 1. The van der Waals surface area contributed by atoms with Gasteiger partial charge in [-0.1, -0.05) is 58.6 Å². The molecular weight excluding hydrogens is 411 g/mol. The van der Waals surface area contributed by atoms with Crippen LogP contribution in [0, 0.1) is 0 Å². The second-order valence-electron chi connectivity index (χ2n) is 10.4. The summed E-state index contributed by atoms with van der Waals surface area (Å²) < 4.78 is 27.7. The van der Waals surface area contributed by atoms with Crippen molar-refractivity contribution in [3.8, 4) is 5.75 Å². The zero-order chi connectivity index (χ0) is 22.1. The Labute approximate surface area is 186 Å². The number of rotatable bonds is 3. The van der Waals surface area contributed by atoms with Gasteiger partial charge in [-0.25, -0.2) is 14.4 Å². The number of hydrogen-bond acceptors (Lipinski definition) is 4. The fourth-order valence-electron chi connectivity index (χ4n) is 5.00. The van der Waals surface area contributed by atoms with Gasteiger partial charge in [0, 0.05) is 18.2 Å². The second kappa shape index (κ2) is 9.15. The lowest BCUT2D eigenvalue weighted by atomic mass is 9.86. The van der Waals surface area contributed by atoms with Gasteiger partial charge in [0.15, 0.2) is 0 Å². The van der Waals surface area contributed by atoms with E-state index in [0.717, 1.165) is 56.9 Å². The molecule has 1 heterocycles. The van der Waals surface area contributed by atoms with Crippen LogP contribution in [0.5, 0.6) is 5.75 Å². The van der Waals surface area contributed by atoms with E-state index in [-0.39, 0.29) is 17.6 Å². The Bertz CT molecular complexity index is 838. The summed E-state index contributed by atoms with van der Waals surface area (Å²) in [5.74, 6) is 0.598. The summed E-state index contributed by atoms with van der Waals surface area (Å²) in [5, 5.41) is 2.67. The molecule has 0 aromatic heterocycles. The summed E-state index contributed by atoms with van der Waals surface area (Å²) in [7, 11) is -3.60. The summed E-state index contributed by atoms with van der Waals surface area (Å²) >= 11 is 0. The topological polar surface area (TPSA) is 67.9 Å². The van der Waals surface area contributed by atoms with Crippen LogP contribution in [-0.2, 0) is 21.3 Å². The molecule has 2 saturated carbocycles. The number of benzene rings is 1. The Morgan fingerprint density at radius 1 is 1.06 bits per heavy atom. The standard InChI is InChI=1S/C24H37N2O4P/c1-24(2,3)19-14-15-22-18(16-19)17-26(20-10-6-4-7-11-20)31(28,30-22)25-23(27)29-21-12-8-5-9-13-21/h14-16,20-21H,4-13,17H2,1-3H3,(H,25,27,28). The van der Waals surface area contributed by atoms with Crippen molar-refractivity contribution in [3.63, 3.8) is 0 Å². The molecule has 2 aliphatic carbocycles. The van der Waals surface area contributed by atoms with E-state index in [0.29, 0.717) is 12.3 Å². The fraction of sp³-hybridized carbons (Fsp3) is 0.708. The van der Waals surface area contributed by atoms with E-state index in [1.54, 1.807) is 0 Å². The molecule has 0 radical (unpaired) electrons. The van der Waals surface area contributed by atoms with Gasteiger partial charge in [0.1, 0.15) is 11.9 Å². The van der Waals surface area contributed by atoms with E-state index >= 15 is 0 Å². The molecule has 0 saturated heterocycles. The minimum atomic E-state index is -3.60. The van der Waals surface area contributed by atoms with Gasteiger partial charge < -0.3 is 9.26 Å². The fourth-order valence-corrected chi connectivity index (χ4v) is 7.00. The highest BCUT2D eigenvalue weighted by atomic mass is 31.2.